The Hall–Kier alpha value is -2.45. The monoisotopic (exact) mass is 461 g/mol. The number of ketones is 1. The van der Waals surface area contributed by atoms with E-state index in [1.54, 1.807) is 48.5 Å². The van der Waals surface area contributed by atoms with Crippen molar-refractivity contribution in [3.05, 3.63) is 64.1 Å². The summed E-state index contributed by atoms with van der Waals surface area (Å²) in [6.45, 7) is -0.386. The van der Waals surface area contributed by atoms with Gasteiger partial charge in [-0.3, -0.25) is 19.3 Å². The highest BCUT2D eigenvalue weighted by Gasteiger charge is 2.37. The van der Waals surface area contributed by atoms with Crippen LogP contribution in [-0.2, 0) is 14.3 Å². The molecule has 28 heavy (non-hydrogen) atoms. The van der Waals surface area contributed by atoms with Crippen LogP contribution in [0.2, 0.25) is 0 Å². The van der Waals surface area contributed by atoms with Gasteiger partial charge >= 0.3 is 5.97 Å². The normalized spacial score (nSPS) is 16.4. The predicted molar refractivity (Wildman–Crippen MR) is 107 cm³/mol. The molecule has 144 valence electrons. The molecular formula is C20H16BrNO5S. The highest BCUT2D eigenvalue weighted by atomic mass is 79.9. The summed E-state index contributed by atoms with van der Waals surface area (Å²) in [6, 6.07) is 13.4. The average molecular weight is 462 g/mol. The number of thioether (sulfide) groups is 1. The number of imide groups is 1. The Bertz CT molecular complexity index is 944. The van der Waals surface area contributed by atoms with E-state index in [0.29, 0.717) is 10.5 Å². The van der Waals surface area contributed by atoms with E-state index < -0.39 is 11.2 Å². The van der Waals surface area contributed by atoms with Crippen LogP contribution in [0.5, 0.6) is 0 Å². The fourth-order valence-corrected chi connectivity index (χ4v) is 4.12. The first-order valence-electron chi connectivity index (χ1n) is 8.39. The molecule has 0 saturated carbocycles. The zero-order chi connectivity index (χ0) is 20.3. The minimum Gasteiger partial charge on any atom is -0.454 e. The Morgan fingerprint density at radius 3 is 2.46 bits per heavy atom. The number of nitrogens with zero attached hydrogens (tertiary/aromatic N) is 1. The Morgan fingerprint density at radius 1 is 1.14 bits per heavy atom. The number of rotatable bonds is 6. The summed E-state index contributed by atoms with van der Waals surface area (Å²) in [5.41, 5.74) is 0.697. The van der Waals surface area contributed by atoms with Gasteiger partial charge in [-0.25, -0.2) is 4.79 Å². The largest absolute Gasteiger partial charge is 0.454 e. The first-order chi connectivity index (χ1) is 13.4. The summed E-state index contributed by atoms with van der Waals surface area (Å²) in [5.74, 6) is -1.51. The van der Waals surface area contributed by atoms with Gasteiger partial charge in [-0.05, 0) is 24.3 Å². The van der Waals surface area contributed by atoms with Gasteiger partial charge in [-0.1, -0.05) is 40.2 Å². The number of likely N-dealkylation sites (tertiary alicyclic amines) is 1. The number of hydrogen-bond donors (Lipinski definition) is 0. The standard InChI is InChI=1S/C20H16BrNO5S/c1-22-18(24)10-17(19(22)25)28-16-5-3-2-4-14(16)20(26)27-11-15(23)12-6-8-13(21)9-7-12/h2-9,17H,10-11H2,1H3. The number of carbonyl (C=O) groups excluding carboxylic acids is 4. The van der Waals surface area contributed by atoms with Gasteiger partial charge in [0.25, 0.3) is 0 Å². The molecule has 8 heteroatoms. The van der Waals surface area contributed by atoms with Crippen molar-refractivity contribution in [2.45, 2.75) is 16.6 Å². The van der Waals surface area contributed by atoms with Crippen molar-refractivity contribution < 1.29 is 23.9 Å². The predicted octanol–water partition coefficient (Wildman–Crippen LogP) is 3.34. The van der Waals surface area contributed by atoms with Crippen molar-refractivity contribution in [1.82, 2.24) is 4.90 Å². The van der Waals surface area contributed by atoms with Crippen molar-refractivity contribution in [3.8, 4) is 0 Å². The molecule has 0 aromatic heterocycles. The second-order valence-electron chi connectivity index (χ2n) is 6.10. The minimum atomic E-state index is -0.654. The Balaban J connectivity index is 1.67. The Labute approximate surface area is 174 Å². The van der Waals surface area contributed by atoms with Crippen LogP contribution in [-0.4, -0.2) is 47.4 Å². The molecule has 1 unspecified atom stereocenters. The van der Waals surface area contributed by atoms with Crippen molar-refractivity contribution >= 4 is 51.3 Å². The van der Waals surface area contributed by atoms with Crippen molar-refractivity contribution in [3.63, 3.8) is 0 Å². The molecule has 2 aromatic rings. The zero-order valence-electron chi connectivity index (χ0n) is 14.9. The number of amides is 2. The number of ether oxygens (including phenoxy) is 1. The van der Waals surface area contributed by atoms with E-state index in [-0.39, 0.29) is 36.2 Å². The molecule has 1 fully saturated rings. The lowest BCUT2D eigenvalue weighted by Crippen LogP contribution is -2.26. The number of esters is 1. The topological polar surface area (TPSA) is 80.8 Å². The second kappa shape index (κ2) is 8.70. The number of Topliss-reactive ketones (excluding diaryl/α,β-unsaturated/α-hetero) is 1. The summed E-state index contributed by atoms with van der Waals surface area (Å²) >= 11 is 4.45. The van der Waals surface area contributed by atoms with Crippen LogP contribution in [0.25, 0.3) is 0 Å². The van der Waals surface area contributed by atoms with Gasteiger partial charge in [0.2, 0.25) is 11.8 Å². The van der Waals surface area contributed by atoms with Gasteiger partial charge in [-0.15, -0.1) is 11.8 Å². The van der Waals surface area contributed by atoms with Crippen LogP contribution in [0.15, 0.2) is 57.9 Å². The maximum atomic E-state index is 12.5. The molecule has 2 aromatic carbocycles. The number of halogens is 1. The lowest BCUT2D eigenvalue weighted by Gasteiger charge is -2.12. The van der Waals surface area contributed by atoms with Gasteiger partial charge in [0.1, 0.15) is 0 Å². The van der Waals surface area contributed by atoms with Crippen LogP contribution in [0.1, 0.15) is 27.1 Å². The van der Waals surface area contributed by atoms with Crippen LogP contribution >= 0.6 is 27.7 Å². The van der Waals surface area contributed by atoms with Gasteiger partial charge in [0, 0.05) is 28.4 Å². The molecule has 1 saturated heterocycles. The fourth-order valence-electron chi connectivity index (χ4n) is 2.63. The Kier molecular flexibility index (Phi) is 6.31. The first kappa shape index (κ1) is 20.3. The summed E-state index contributed by atoms with van der Waals surface area (Å²) < 4.78 is 6.02. The first-order valence-corrected chi connectivity index (χ1v) is 10.1. The number of carbonyl (C=O) groups is 4. The molecule has 0 spiro atoms. The van der Waals surface area contributed by atoms with Gasteiger partial charge in [0.15, 0.2) is 12.4 Å². The van der Waals surface area contributed by atoms with E-state index in [0.717, 1.165) is 21.1 Å². The summed E-state index contributed by atoms with van der Waals surface area (Å²) in [4.78, 5) is 50.1. The van der Waals surface area contributed by atoms with Gasteiger partial charge in [-0.2, -0.15) is 0 Å². The van der Waals surface area contributed by atoms with Crippen LogP contribution in [0.3, 0.4) is 0 Å². The third-order valence-electron chi connectivity index (χ3n) is 4.22. The van der Waals surface area contributed by atoms with Crippen LogP contribution < -0.4 is 0 Å². The maximum Gasteiger partial charge on any atom is 0.339 e. The third kappa shape index (κ3) is 4.51. The minimum absolute atomic E-state index is 0.0887. The summed E-state index contributed by atoms with van der Waals surface area (Å²) in [5, 5.41) is -0.573. The maximum absolute atomic E-state index is 12.5. The van der Waals surface area contributed by atoms with Crippen molar-refractivity contribution in [2.24, 2.45) is 0 Å². The molecule has 0 radical (unpaired) electrons. The smallest absolute Gasteiger partial charge is 0.339 e. The highest BCUT2D eigenvalue weighted by molar-refractivity contribution is 9.10. The van der Waals surface area contributed by atoms with Gasteiger partial charge in [0.05, 0.1) is 10.8 Å². The van der Waals surface area contributed by atoms with Gasteiger partial charge < -0.3 is 4.74 Å². The number of benzene rings is 2. The molecule has 3 rings (SSSR count). The fraction of sp³-hybridized carbons (Fsp3) is 0.200. The molecule has 1 atom stereocenters. The third-order valence-corrected chi connectivity index (χ3v) is 6.01. The van der Waals surface area contributed by atoms with E-state index in [2.05, 4.69) is 15.9 Å². The molecule has 0 aliphatic carbocycles. The molecule has 0 N–H and O–H groups in total. The quantitative estimate of drug-likeness (QED) is 0.372. The summed E-state index contributed by atoms with van der Waals surface area (Å²) in [6.07, 6.45) is 0.0887. The average Bonchev–Trinajstić information content (AvgIpc) is 2.93. The molecule has 1 heterocycles. The van der Waals surface area contributed by atoms with E-state index in [9.17, 15) is 19.2 Å². The van der Waals surface area contributed by atoms with E-state index in [1.807, 2.05) is 0 Å². The van der Waals surface area contributed by atoms with E-state index in [1.165, 1.54) is 7.05 Å². The molecule has 0 bridgehead atoms. The highest BCUT2D eigenvalue weighted by Crippen LogP contribution is 2.33. The summed E-state index contributed by atoms with van der Waals surface area (Å²) in [7, 11) is 1.44. The van der Waals surface area contributed by atoms with Crippen molar-refractivity contribution in [1.29, 1.82) is 0 Å². The lowest BCUT2D eigenvalue weighted by molar-refractivity contribution is -0.136. The van der Waals surface area contributed by atoms with E-state index in [4.69, 9.17) is 4.74 Å². The molecule has 6 nitrogen and oxygen atoms in total. The molecule has 2 amide bonds. The second-order valence-corrected chi connectivity index (χ2v) is 8.26. The van der Waals surface area contributed by atoms with Crippen LogP contribution in [0, 0.1) is 0 Å². The lowest BCUT2D eigenvalue weighted by atomic mass is 10.1. The Morgan fingerprint density at radius 2 is 1.82 bits per heavy atom. The number of hydrogen-bond acceptors (Lipinski definition) is 6. The molecule has 1 aliphatic heterocycles. The molecular weight excluding hydrogens is 446 g/mol. The zero-order valence-corrected chi connectivity index (χ0v) is 17.3. The molecule has 1 aliphatic rings. The van der Waals surface area contributed by atoms with Crippen molar-refractivity contribution in [2.75, 3.05) is 13.7 Å². The van der Waals surface area contributed by atoms with E-state index >= 15 is 0 Å². The SMILES string of the molecule is CN1C(=O)CC(Sc2ccccc2C(=O)OCC(=O)c2ccc(Br)cc2)C1=O. The van der Waals surface area contributed by atoms with Crippen LogP contribution in [0.4, 0.5) is 0 Å².